The van der Waals surface area contributed by atoms with E-state index in [0.717, 1.165) is 29.3 Å². The zero-order chi connectivity index (χ0) is 17.5. The Balaban J connectivity index is 1.55. The molecule has 3 heterocycles. The second-order valence-corrected chi connectivity index (χ2v) is 7.48. The molecule has 0 N–H and O–H groups in total. The molecule has 130 valence electrons. The number of anilines is 1. The molecule has 1 atom stereocenters. The van der Waals surface area contributed by atoms with Crippen molar-refractivity contribution >= 4 is 22.7 Å². The first-order valence-corrected chi connectivity index (χ1v) is 9.53. The maximum Gasteiger partial charge on any atom is 0.231 e. The van der Waals surface area contributed by atoms with Gasteiger partial charge in [-0.2, -0.15) is 5.10 Å². The lowest BCUT2D eigenvalue weighted by molar-refractivity contribution is 0.174. The Kier molecular flexibility index (Phi) is 3.68. The highest BCUT2D eigenvalue weighted by molar-refractivity contribution is 7.12. The number of benzene rings is 2. The maximum absolute atomic E-state index is 5.58. The van der Waals surface area contributed by atoms with Crippen LogP contribution in [0.5, 0.6) is 11.5 Å². The Hall–Kier alpha value is -2.79. The van der Waals surface area contributed by atoms with Crippen LogP contribution in [0.3, 0.4) is 0 Å². The first-order chi connectivity index (χ1) is 12.8. The molecular formula is C21H18N2O2S. The van der Waals surface area contributed by atoms with Crippen LogP contribution >= 0.6 is 11.3 Å². The summed E-state index contributed by atoms with van der Waals surface area (Å²) in [6, 6.07) is 19.1. The van der Waals surface area contributed by atoms with Crippen molar-refractivity contribution in [1.29, 1.82) is 0 Å². The second kappa shape index (κ2) is 6.18. The molecule has 2 aliphatic heterocycles. The topological polar surface area (TPSA) is 34.1 Å². The van der Waals surface area contributed by atoms with Gasteiger partial charge in [-0.05, 0) is 48.2 Å². The summed E-state index contributed by atoms with van der Waals surface area (Å²) >= 11 is 1.74. The average molecular weight is 362 g/mol. The molecule has 2 aromatic carbocycles. The first-order valence-electron chi connectivity index (χ1n) is 8.65. The number of hydrogen-bond acceptors (Lipinski definition) is 5. The van der Waals surface area contributed by atoms with Crippen LogP contribution in [0.25, 0.3) is 0 Å². The Morgan fingerprint density at radius 3 is 2.69 bits per heavy atom. The monoisotopic (exact) mass is 362 g/mol. The van der Waals surface area contributed by atoms with E-state index in [1.807, 2.05) is 6.07 Å². The molecule has 4 nitrogen and oxygen atoms in total. The smallest absolute Gasteiger partial charge is 0.231 e. The molecule has 5 heteroatoms. The van der Waals surface area contributed by atoms with Crippen molar-refractivity contribution < 1.29 is 9.47 Å². The molecule has 0 bridgehead atoms. The molecule has 1 aromatic heterocycles. The van der Waals surface area contributed by atoms with Gasteiger partial charge >= 0.3 is 0 Å². The summed E-state index contributed by atoms with van der Waals surface area (Å²) in [5.41, 5.74) is 4.66. The van der Waals surface area contributed by atoms with Crippen molar-refractivity contribution in [2.45, 2.75) is 19.4 Å². The summed E-state index contributed by atoms with van der Waals surface area (Å²) in [6.07, 6.45) is 0.869. The fourth-order valence-electron chi connectivity index (χ4n) is 3.42. The van der Waals surface area contributed by atoms with Crippen LogP contribution in [0, 0.1) is 6.92 Å². The maximum atomic E-state index is 5.58. The Morgan fingerprint density at radius 1 is 1.04 bits per heavy atom. The molecule has 2 aliphatic rings. The summed E-state index contributed by atoms with van der Waals surface area (Å²) in [5.74, 6) is 1.63. The van der Waals surface area contributed by atoms with E-state index in [1.54, 1.807) is 11.3 Å². The lowest BCUT2D eigenvalue weighted by Gasteiger charge is -2.24. The lowest BCUT2D eigenvalue weighted by Crippen LogP contribution is -2.18. The van der Waals surface area contributed by atoms with Crippen molar-refractivity contribution in [3.05, 3.63) is 76.0 Å². The van der Waals surface area contributed by atoms with E-state index in [1.165, 1.54) is 16.0 Å². The standard InChI is InChI=1S/C21H18N2O2S/c1-14-4-7-16(8-5-14)23-18(12-17(22-23)21-3-2-10-26-21)15-6-9-19-20(11-15)25-13-24-19/h2-11,18H,12-13H2,1H3. The van der Waals surface area contributed by atoms with E-state index in [-0.39, 0.29) is 6.04 Å². The van der Waals surface area contributed by atoms with Gasteiger partial charge in [0.05, 0.1) is 22.3 Å². The van der Waals surface area contributed by atoms with Crippen molar-refractivity contribution in [2.24, 2.45) is 5.10 Å². The van der Waals surface area contributed by atoms with Crippen LogP contribution < -0.4 is 14.5 Å². The molecule has 0 radical (unpaired) electrons. The van der Waals surface area contributed by atoms with Crippen molar-refractivity contribution in [3.63, 3.8) is 0 Å². The molecular weight excluding hydrogens is 344 g/mol. The number of hydrogen-bond donors (Lipinski definition) is 0. The number of aryl methyl sites for hydroxylation is 1. The van der Waals surface area contributed by atoms with E-state index in [9.17, 15) is 0 Å². The highest BCUT2D eigenvalue weighted by Gasteiger charge is 2.31. The van der Waals surface area contributed by atoms with Crippen molar-refractivity contribution in [1.82, 2.24) is 0 Å². The summed E-state index contributed by atoms with van der Waals surface area (Å²) < 4.78 is 11.0. The molecule has 0 amide bonds. The minimum Gasteiger partial charge on any atom is -0.454 e. The fourth-order valence-corrected chi connectivity index (χ4v) is 4.14. The van der Waals surface area contributed by atoms with Crippen LogP contribution in [0.1, 0.15) is 28.5 Å². The summed E-state index contributed by atoms with van der Waals surface area (Å²) in [7, 11) is 0. The van der Waals surface area contributed by atoms with Crippen molar-refractivity contribution in [2.75, 3.05) is 11.8 Å². The predicted octanol–water partition coefficient (Wildman–Crippen LogP) is 5.14. The second-order valence-electron chi connectivity index (χ2n) is 6.54. The highest BCUT2D eigenvalue weighted by Crippen LogP contribution is 2.41. The summed E-state index contributed by atoms with van der Waals surface area (Å²) in [4.78, 5) is 1.23. The van der Waals surface area contributed by atoms with Gasteiger partial charge in [0, 0.05) is 6.42 Å². The minimum atomic E-state index is 0.143. The molecule has 0 aliphatic carbocycles. The molecule has 0 spiro atoms. The number of thiophene rings is 1. The van der Waals surface area contributed by atoms with Gasteiger partial charge in [0.15, 0.2) is 11.5 Å². The molecule has 0 fully saturated rings. The molecule has 0 saturated carbocycles. The first kappa shape index (κ1) is 15.5. The third-order valence-electron chi connectivity index (χ3n) is 4.80. The molecule has 1 unspecified atom stereocenters. The normalized spacial score (nSPS) is 18.3. The van der Waals surface area contributed by atoms with Crippen LogP contribution in [-0.4, -0.2) is 12.5 Å². The van der Waals surface area contributed by atoms with Gasteiger partial charge in [0.2, 0.25) is 6.79 Å². The van der Waals surface area contributed by atoms with Gasteiger partial charge < -0.3 is 9.47 Å². The van der Waals surface area contributed by atoms with Gasteiger partial charge in [-0.15, -0.1) is 11.3 Å². The fraction of sp³-hybridized carbons (Fsp3) is 0.190. The largest absolute Gasteiger partial charge is 0.454 e. The molecule has 0 saturated heterocycles. The van der Waals surface area contributed by atoms with E-state index in [0.29, 0.717) is 6.79 Å². The third kappa shape index (κ3) is 2.65. The summed E-state index contributed by atoms with van der Waals surface area (Å²) in [6.45, 7) is 2.39. The zero-order valence-corrected chi connectivity index (χ0v) is 15.2. The van der Waals surface area contributed by atoms with E-state index < -0.39 is 0 Å². The predicted molar refractivity (Wildman–Crippen MR) is 104 cm³/mol. The van der Waals surface area contributed by atoms with E-state index in [4.69, 9.17) is 14.6 Å². The van der Waals surface area contributed by atoms with Gasteiger partial charge in [0.1, 0.15) is 0 Å². The highest BCUT2D eigenvalue weighted by atomic mass is 32.1. The quantitative estimate of drug-likeness (QED) is 0.647. The SMILES string of the molecule is Cc1ccc(N2N=C(c3cccs3)CC2c2ccc3c(c2)OCO3)cc1. The van der Waals surface area contributed by atoms with Crippen LogP contribution in [-0.2, 0) is 0 Å². The van der Waals surface area contributed by atoms with Gasteiger partial charge in [-0.25, -0.2) is 0 Å². The van der Waals surface area contributed by atoms with E-state index >= 15 is 0 Å². The number of rotatable bonds is 3. The Labute approximate surface area is 156 Å². The Morgan fingerprint density at radius 2 is 1.88 bits per heavy atom. The number of nitrogens with zero attached hydrogens (tertiary/aromatic N) is 2. The minimum absolute atomic E-state index is 0.143. The van der Waals surface area contributed by atoms with Crippen LogP contribution in [0.2, 0.25) is 0 Å². The number of fused-ring (bicyclic) bond motifs is 1. The third-order valence-corrected chi connectivity index (χ3v) is 5.71. The average Bonchev–Trinajstić information content (AvgIpc) is 3.40. The van der Waals surface area contributed by atoms with Gasteiger partial charge in [-0.1, -0.05) is 29.8 Å². The number of ether oxygens (including phenoxy) is 2. The van der Waals surface area contributed by atoms with Crippen molar-refractivity contribution in [3.8, 4) is 11.5 Å². The molecule has 5 rings (SSSR count). The zero-order valence-electron chi connectivity index (χ0n) is 14.4. The van der Waals surface area contributed by atoms with Gasteiger partial charge in [-0.3, -0.25) is 5.01 Å². The van der Waals surface area contributed by atoms with E-state index in [2.05, 4.69) is 65.8 Å². The summed E-state index contributed by atoms with van der Waals surface area (Å²) in [5, 5.41) is 9.20. The van der Waals surface area contributed by atoms with Crippen LogP contribution in [0.15, 0.2) is 65.1 Å². The van der Waals surface area contributed by atoms with Gasteiger partial charge in [0.25, 0.3) is 0 Å². The molecule has 3 aromatic rings. The number of hydrazone groups is 1. The Bertz CT molecular complexity index is 964. The van der Waals surface area contributed by atoms with Crippen LogP contribution in [0.4, 0.5) is 5.69 Å². The molecule has 26 heavy (non-hydrogen) atoms. The lowest BCUT2D eigenvalue weighted by atomic mass is 10.00.